The molecule has 0 bridgehead atoms. The van der Waals surface area contributed by atoms with E-state index in [2.05, 4.69) is 69.2 Å². The molecule has 1 aromatic heterocycles. The van der Waals surface area contributed by atoms with Gasteiger partial charge in [0, 0.05) is 0 Å². The standard InChI is InChI=1S/C23H28N2O2S/c1-14(2)17-9-7-15(3)11-19(17)27-13-21(26)25-22-24-18-10-8-16(23(4,5)6)12-20(18)28-22/h7-12,14H,13H2,1-6H3,(H,24,25,26). The van der Waals surface area contributed by atoms with Crippen LogP contribution >= 0.6 is 11.3 Å². The molecule has 0 saturated carbocycles. The number of ether oxygens (including phenoxy) is 1. The van der Waals surface area contributed by atoms with Crippen molar-refractivity contribution in [3.63, 3.8) is 0 Å². The van der Waals surface area contributed by atoms with Gasteiger partial charge in [0.1, 0.15) is 5.75 Å². The maximum absolute atomic E-state index is 12.4. The first-order chi connectivity index (χ1) is 13.1. The smallest absolute Gasteiger partial charge is 0.264 e. The number of anilines is 1. The number of nitrogens with one attached hydrogen (secondary N) is 1. The Kier molecular flexibility index (Phi) is 5.75. The van der Waals surface area contributed by atoms with Crippen molar-refractivity contribution in [3.8, 4) is 5.75 Å². The van der Waals surface area contributed by atoms with Crippen LogP contribution in [-0.2, 0) is 10.2 Å². The fourth-order valence-electron chi connectivity index (χ4n) is 2.99. The maximum atomic E-state index is 12.4. The number of fused-ring (bicyclic) bond motifs is 1. The number of carbonyl (C=O) groups is 1. The highest BCUT2D eigenvalue weighted by atomic mass is 32.1. The van der Waals surface area contributed by atoms with E-state index in [-0.39, 0.29) is 17.9 Å². The van der Waals surface area contributed by atoms with Crippen molar-refractivity contribution >= 4 is 32.6 Å². The number of amides is 1. The second kappa shape index (κ2) is 7.92. The number of hydrogen-bond donors (Lipinski definition) is 1. The number of hydrogen-bond acceptors (Lipinski definition) is 4. The van der Waals surface area contributed by atoms with E-state index in [1.165, 1.54) is 16.9 Å². The van der Waals surface area contributed by atoms with Gasteiger partial charge in [-0.3, -0.25) is 10.1 Å². The molecule has 3 rings (SSSR count). The number of carbonyl (C=O) groups excluding carboxylic acids is 1. The van der Waals surface area contributed by atoms with Crippen molar-refractivity contribution in [2.45, 2.75) is 52.9 Å². The molecule has 0 aliphatic carbocycles. The van der Waals surface area contributed by atoms with Gasteiger partial charge in [0.25, 0.3) is 5.91 Å². The lowest BCUT2D eigenvalue weighted by atomic mass is 9.87. The van der Waals surface area contributed by atoms with Crippen LogP contribution in [0.2, 0.25) is 0 Å². The first kappa shape index (κ1) is 20.3. The molecular formula is C23H28N2O2S. The van der Waals surface area contributed by atoms with E-state index < -0.39 is 0 Å². The molecule has 1 amide bonds. The van der Waals surface area contributed by atoms with Gasteiger partial charge in [-0.05, 0) is 53.1 Å². The van der Waals surface area contributed by atoms with E-state index in [1.54, 1.807) is 0 Å². The predicted octanol–water partition coefficient (Wildman–Crippen LogP) is 6.04. The predicted molar refractivity (Wildman–Crippen MR) is 118 cm³/mol. The van der Waals surface area contributed by atoms with Gasteiger partial charge in [0.2, 0.25) is 0 Å². The van der Waals surface area contributed by atoms with Crippen LogP contribution in [0.15, 0.2) is 36.4 Å². The fraction of sp³-hybridized carbons (Fsp3) is 0.391. The van der Waals surface area contributed by atoms with E-state index >= 15 is 0 Å². The SMILES string of the molecule is Cc1ccc(C(C)C)c(OCC(=O)Nc2nc3ccc(C(C)(C)C)cc3s2)c1. The number of thiazole rings is 1. The van der Waals surface area contributed by atoms with E-state index in [0.717, 1.165) is 27.1 Å². The van der Waals surface area contributed by atoms with Gasteiger partial charge < -0.3 is 4.74 Å². The highest BCUT2D eigenvalue weighted by molar-refractivity contribution is 7.22. The lowest BCUT2D eigenvalue weighted by molar-refractivity contribution is -0.118. The number of nitrogens with zero attached hydrogens (tertiary/aromatic N) is 1. The molecule has 0 aliphatic rings. The van der Waals surface area contributed by atoms with Gasteiger partial charge in [-0.25, -0.2) is 4.98 Å². The molecule has 0 spiro atoms. The van der Waals surface area contributed by atoms with Crippen LogP contribution in [0.4, 0.5) is 5.13 Å². The van der Waals surface area contributed by atoms with Crippen LogP contribution in [-0.4, -0.2) is 17.5 Å². The number of aryl methyl sites for hydroxylation is 1. The second-order valence-corrected chi connectivity index (χ2v) is 9.52. The Balaban J connectivity index is 1.69. The average Bonchev–Trinajstić information content (AvgIpc) is 3.00. The van der Waals surface area contributed by atoms with Crippen molar-refractivity contribution in [1.29, 1.82) is 0 Å². The molecule has 4 nitrogen and oxygen atoms in total. The molecule has 2 aromatic carbocycles. The summed E-state index contributed by atoms with van der Waals surface area (Å²) >= 11 is 1.49. The van der Waals surface area contributed by atoms with E-state index in [4.69, 9.17) is 4.74 Å². The van der Waals surface area contributed by atoms with Crippen molar-refractivity contribution in [3.05, 3.63) is 53.1 Å². The molecule has 0 saturated heterocycles. The van der Waals surface area contributed by atoms with Crippen LogP contribution in [0.5, 0.6) is 5.75 Å². The summed E-state index contributed by atoms with van der Waals surface area (Å²) in [5.74, 6) is 0.899. The summed E-state index contributed by atoms with van der Waals surface area (Å²) < 4.78 is 6.89. The van der Waals surface area contributed by atoms with Crippen LogP contribution in [0.3, 0.4) is 0 Å². The summed E-state index contributed by atoms with van der Waals surface area (Å²) in [6, 6.07) is 12.4. The minimum atomic E-state index is -0.202. The van der Waals surface area contributed by atoms with Crippen molar-refractivity contribution < 1.29 is 9.53 Å². The Morgan fingerprint density at radius 1 is 1.18 bits per heavy atom. The van der Waals surface area contributed by atoms with Crippen molar-refractivity contribution in [2.75, 3.05) is 11.9 Å². The molecule has 1 heterocycles. The molecule has 0 radical (unpaired) electrons. The van der Waals surface area contributed by atoms with Crippen LogP contribution < -0.4 is 10.1 Å². The third kappa shape index (κ3) is 4.71. The Bertz CT molecular complexity index is 999. The fourth-order valence-corrected chi connectivity index (χ4v) is 3.91. The lowest BCUT2D eigenvalue weighted by Crippen LogP contribution is -2.20. The molecule has 0 unspecified atom stereocenters. The topological polar surface area (TPSA) is 51.2 Å². The molecule has 3 aromatic rings. The maximum Gasteiger partial charge on any atom is 0.264 e. The number of aromatic nitrogens is 1. The second-order valence-electron chi connectivity index (χ2n) is 8.48. The molecule has 0 fully saturated rings. The van der Waals surface area contributed by atoms with Gasteiger partial charge in [-0.1, -0.05) is 64.2 Å². The lowest BCUT2D eigenvalue weighted by Gasteiger charge is -2.18. The first-order valence-corrected chi connectivity index (χ1v) is 10.4. The minimum Gasteiger partial charge on any atom is -0.483 e. The molecule has 28 heavy (non-hydrogen) atoms. The Hall–Kier alpha value is -2.40. The largest absolute Gasteiger partial charge is 0.483 e. The van der Waals surface area contributed by atoms with E-state index in [9.17, 15) is 4.79 Å². The Labute approximate surface area is 171 Å². The summed E-state index contributed by atoms with van der Waals surface area (Å²) in [5.41, 5.74) is 4.45. The summed E-state index contributed by atoms with van der Waals surface area (Å²) in [5, 5.41) is 3.47. The number of rotatable bonds is 5. The van der Waals surface area contributed by atoms with E-state index in [0.29, 0.717) is 11.0 Å². The third-order valence-electron chi connectivity index (χ3n) is 4.65. The normalized spacial score (nSPS) is 11.8. The monoisotopic (exact) mass is 396 g/mol. The van der Waals surface area contributed by atoms with Crippen LogP contribution in [0.1, 0.15) is 57.2 Å². The minimum absolute atomic E-state index is 0.0354. The zero-order valence-corrected chi connectivity index (χ0v) is 18.2. The molecule has 0 atom stereocenters. The highest BCUT2D eigenvalue weighted by Gasteiger charge is 2.16. The first-order valence-electron chi connectivity index (χ1n) is 9.58. The summed E-state index contributed by atoms with van der Waals surface area (Å²) in [4.78, 5) is 16.9. The zero-order chi connectivity index (χ0) is 20.5. The Morgan fingerprint density at radius 2 is 1.93 bits per heavy atom. The average molecular weight is 397 g/mol. The summed E-state index contributed by atoms with van der Waals surface area (Å²) in [7, 11) is 0. The summed E-state index contributed by atoms with van der Waals surface area (Å²) in [6.07, 6.45) is 0. The molecular weight excluding hydrogens is 368 g/mol. The van der Waals surface area contributed by atoms with Crippen LogP contribution in [0.25, 0.3) is 10.2 Å². The van der Waals surface area contributed by atoms with E-state index in [1.807, 2.05) is 19.1 Å². The van der Waals surface area contributed by atoms with Gasteiger partial charge in [0.15, 0.2) is 11.7 Å². The van der Waals surface area contributed by atoms with Gasteiger partial charge in [0.05, 0.1) is 10.2 Å². The third-order valence-corrected chi connectivity index (χ3v) is 5.58. The van der Waals surface area contributed by atoms with Crippen molar-refractivity contribution in [2.24, 2.45) is 0 Å². The number of benzene rings is 2. The highest BCUT2D eigenvalue weighted by Crippen LogP contribution is 2.31. The van der Waals surface area contributed by atoms with Crippen LogP contribution in [0, 0.1) is 6.92 Å². The molecule has 0 aliphatic heterocycles. The van der Waals surface area contributed by atoms with Gasteiger partial charge in [-0.15, -0.1) is 0 Å². The van der Waals surface area contributed by atoms with Gasteiger partial charge in [-0.2, -0.15) is 0 Å². The van der Waals surface area contributed by atoms with Crippen molar-refractivity contribution in [1.82, 2.24) is 4.98 Å². The van der Waals surface area contributed by atoms with Gasteiger partial charge >= 0.3 is 0 Å². The molecule has 1 N–H and O–H groups in total. The summed E-state index contributed by atoms with van der Waals surface area (Å²) in [6.45, 7) is 12.8. The molecule has 148 valence electrons. The quantitative estimate of drug-likeness (QED) is 0.572. The molecule has 5 heteroatoms. The Morgan fingerprint density at radius 3 is 2.61 bits per heavy atom. The zero-order valence-electron chi connectivity index (χ0n) is 17.4.